The molecule has 2 aromatic heterocycles. The molecule has 3 aliphatic rings. The number of pyridine rings is 1. The van der Waals surface area contributed by atoms with Crippen LogP contribution in [0.3, 0.4) is 0 Å². The Morgan fingerprint density at radius 2 is 2.03 bits per heavy atom. The Kier molecular flexibility index (Phi) is 5.40. The third-order valence-corrected chi connectivity index (χ3v) is 7.49. The molecule has 3 fully saturated rings. The molecular weight excluding hydrogens is 460 g/mol. The van der Waals surface area contributed by atoms with Crippen molar-refractivity contribution >= 4 is 29.0 Å². The molecule has 2 amide bonds. The van der Waals surface area contributed by atoms with Crippen molar-refractivity contribution in [2.24, 2.45) is 17.1 Å². The first-order valence-electron chi connectivity index (χ1n) is 12.1. The second kappa shape index (κ2) is 8.63. The summed E-state index contributed by atoms with van der Waals surface area (Å²) >= 11 is 0. The normalized spacial score (nSPS) is 19.8. The Balaban J connectivity index is 1.30. The van der Waals surface area contributed by atoms with Gasteiger partial charge < -0.3 is 25.8 Å². The van der Waals surface area contributed by atoms with E-state index in [4.69, 9.17) is 15.2 Å². The summed E-state index contributed by atoms with van der Waals surface area (Å²) in [7, 11) is 1.60. The highest BCUT2D eigenvalue weighted by atomic mass is 16.5. The fourth-order valence-electron chi connectivity index (χ4n) is 5.07. The second-order valence-electron chi connectivity index (χ2n) is 9.87. The monoisotopic (exact) mass is 488 g/mol. The molecule has 4 N–H and O–H groups in total. The van der Waals surface area contributed by atoms with Gasteiger partial charge in [0.1, 0.15) is 11.6 Å². The van der Waals surface area contributed by atoms with Gasteiger partial charge in [0.2, 0.25) is 5.91 Å². The third kappa shape index (κ3) is 3.87. The minimum absolute atomic E-state index is 0.0309. The molecule has 1 atom stereocenters. The van der Waals surface area contributed by atoms with Crippen LogP contribution < -0.4 is 21.1 Å². The first-order chi connectivity index (χ1) is 17.5. The quantitative estimate of drug-likeness (QED) is 0.442. The van der Waals surface area contributed by atoms with Gasteiger partial charge in [0, 0.05) is 40.9 Å². The van der Waals surface area contributed by atoms with Crippen LogP contribution >= 0.6 is 0 Å². The maximum atomic E-state index is 12.2. The smallest absolute Gasteiger partial charge is 0.252 e. The first kappa shape index (κ1) is 22.5. The first-order valence-corrected chi connectivity index (χ1v) is 12.1. The Bertz CT molecular complexity index is 1340. The molecular formula is C26H28N6O4. The molecule has 1 unspecified atom stereocenters. The number of nitrogens with one attached hydrogen (secondary N) is 2. The van der Waals surface area contributed by atoms with E-state index in [-0.39, 0.29) is 22.8 Å². The predicted molar refractivity (Wildman–Crippen MR) is 133 cm³/mol. The number of ether oxygens (including phenoxy) is 2. The molecule has 10 heteroatoms. The third-order valence-electron chi connectivity index (χ3n) is 7.49. The zero-order valence-electron chi connectivity index (χ0n) is 20.0. The largest absolute Gasteiger partial charge is 0.494 e. The minimum Gasteiger partial charge on any atom is -0.494 e. The average Bonchev–Trinajstić information content (AvgIpc) is 3.56. The highest BCUT2D eigenvalue weighted by Gasteiger charge is 2.53. The Morgan fingerprint density at radius 1 is 1.19 bits per heavy atom. The molecule has 1 aliphatic heterocycles. The average molecular weight is 489 g/mol. The van der Waals surface area contributed by atoms with Crippen LogP contribution in [0.4, 0.5) is 17.2 Å². The standard InChI is InChI=1S/C26H28N6O4/c1-35-23-17(16-10-29-32(12-16)21-7-8-26(21)13-36-14-26)3-2-4-19(23)30-20-9-22(28-11-18(20)24(27)33)31-25(34)15-5-6-15/h2-4,9-12,15,21H,5-8,13-14H2,1H3,(H2,27,33)(H2,28,30,31,34). The number of aromatic nitrogens is 3. The molecule has 1 spiro atoms. The molecule has 3 aromatic rings. The van der Waals surface area contributed by atoms with E-state index in [1.54, 1.807) is 13.2 Å². The highest BCUT2D eigenvalue weighted by Crippen LogP contribution is 2.54. The van der Waals surface area contributed by atoms with Gasteiger partial charge in [-0.15, -0.1) is 0 Å². The Labute approximate surface area is 208 Å². The molecule has 186 valence electrons. The molecule has 36 heavy (non-hydrogen) atoms. The van der Waals surface area contributed by atoms with E-state index in [0.717, 1.165) is 43.6 Å². The van der Waals surface area contributed by atoms with Gasteiger partial charge in [0.05, 0.1) is 49.5 Å². The van der Waals surface area contributed by atoms with Crippen molar-refractivity contribution < 1.29 is 19.1 Å². The van der Waals surface area contributed by atoms with E-state index in [9.17, 15) is 9.59 Å². The zero-order valence-corrected chi connectivity index (χ0v) is 20.0. The maximum absolute atomic E-state index is 12.2. The minimum atomic E-state index is -0.629. The summed E-state index contributed by atoms with van der Waals surface area (Å²) in [5, 5.41) is 10.7. The molecule has 1 aromatic carbocycles. The number of primary amides is 1. The molecule has 2 saturated carbocycles. The Morgan fingerprint density at radius 3 is 2.67 bits per heavy atom. The SMILES string of the molecule is COc1c(Nc2cc(NC(=O)C3CC3)ncc2C(N)=O)cccc1-c1cnn(C2CCC23COC3)c1. The molecule has 3 heterocycles. The topological polar surface area (TPSA) is 133 Å². The number of hydrogen-bond acceptors (Lipinski definition) is 7. The fraction of sp³-hybridized carbons (Fsp3) is 0.385. The lowest BCUT2D eigenvalue weighted by atomic mass is 9.63. The number of methoxy groups -OCH3 is 1. The van der Waals surface area contributed by atoms with Crippen LogP contribution in [0.1, 0.15) is 42.1 Å². The number of anilines is 3. The van der Waals surface area contributed by atoms with E-state index < -0.39 is 5.91 Å². The number of hydrogen-bond donors (Lipinski definition) is 3. The summed E-state index contributed by atoms with van der Waals surface area (Å²) in [5.74, 6) is 0.283. The fourth-order valence-corrected chi connectivity index (χ4v) is 5.07. The van der Waals surface area contributed by atoms with Gasteiger partial charge in [0.25, 0.3) is 5.91 Å². The van der Waals surface area contributed by atoms with Gasteiger partial charge in [-0.25, -0.2) is 4.98 Å². The van der Waals surface area contributed by atoms with Crippen molar-refractivity contribution in [3.8, 4) is 16.9 Å². The van der Waals surface area contributed by atoms with Gasteiger partial charge >= 0.3 is 0 Å². The number of carbonyl (C=O) groups is 2. The second-order valence-corrected chi connectivity index (χ2v) is 9.87. The van der Waals surface area contributed by atoms with E-state index in [2.05, 4.69) is 26.9 Å². The van der Waals surface area contributed by atoms with Gasteiger partial charge in [0.15, 0.2) is 0 Å². The van der Waals surface area contributed by atoms with Crippen LogP contribution in [0.15, 0.2) is 42.9 Å². The number of nitrogens with two attached hydrogens (primary N) is 1. The Hall–Kier alpha value is -3.92. The van der Waals surface area contributed by atoms with Crippen LogP contribution in [-0.2, 0) is 9.53 Å². The molecule has 1 saturated heterocycles. The summed E-state index contributed by atoms with van der Waals surface area (Å²) in [6.45, 7) is 1.60. The number of rotatable bonds is 8. The van der Waals surface area contributed by atoms with Gasteiger partial charge in [-0.3, -0.25) is 14.3 Å². The molecule has 0 bridgehead atoms. The maximum Gasteiger partial charge on any atom is 0.252 e. The van der Waals surface area contributed by atoms with Crippen molar-refractivity contribution in [1.29, 1.82) is 0 Å². The van der Waals surface area contributed by atoms with Crippen molar-refractivity contribution in [2.45, 2.75) is 31.7 Å². The van der Waals surface area contributed by atoms with E-state index in [0.29, 0.717) is 29.0 Å². The number of nitrogens with zero attached hydrogens (tertiary/aromatic N) is 3. The van der Waals surface area contributed by atoms with E-state index in [1.807, 2.05) is 29.1 Å². The van der Waals surface area contributed by atoms with E-state index in [1.165, 1.54) is 12.6 Å². The van der Waals surface area contributed by atoms with Crippen LogP contribution in [0.2, 0.25) is 0 Å². The van der Waals surface area contributed by atoms with Crippen molar-refractivity contribution in [3.05, 3.63) is 48.4 Å². The summed E-state index contributed by atoms with van der Waals surface area (Å²) in [6, 6.07) is 7.70. The van der Waals surface area contributed by atoms with Crippen molar-refractivity contribution in [1.82, 2.24) is 14.8 Å². The molecule has 6 rings (SSSR count). The van der Waals surface area contributed by atoms with Crippen molar-refractivity contribution in [3.63, 3.8) is 0 Å². The van der Waals surface area contributed by atoms with Crippen molar-refractivity contribution in [2.75, 3.05) is 31.0 Å². The van der Waals surface area contributed by atoms with E-state index >= 15 is 0 Å². The molecule has 0 radical (unpaired) electrons. The summed E-state index contributed by atoms with van der Waals surface area (Å²) in [5.41, 5.74) is 8.90. The number of para-hydroxylation sites is 1. The zero-order chi connectivity index (χ0) is 24.9. The molecule has 10 nitrogen and oxygen atoms in total. The van der Waals surface area contributed by atoms with Crippen LogP contribution in [-0.4, -0.2) is 46.9 Å². The van der Waals surface area contributed by atoms with Gasteiger partial charge in [-0.05, 0) is 31.7 Å². The lowest BCUT2D eigenvalue weighted by molar-refractivity contribution is -0.190. The summed E-state index contributed by atoms with van der Waals surface area (Å²) < 4.78 is 13.3. The van der Waals surface area contributed by atoms with Crippen LogP contribution in [0.25, 0.3) is 11.1 Å². The van der Waals surface area contributed by atoms with Gasteiger partial charge in [-0.2, -0.15) is 5.10 Å². The molecule has 2 aliphatic carbocycles. The van der Waals surface area contributed by atoms with Crippen LogP contribution in [0.5, 0.6) is 5.75 Å². The van der Waals surface area contributed by atoms with Gasteiger partial charge in [-0.1, -0.05) is 12.1 Å². The lowest BCUT2D eigenvalue weighted by Gasteiger charge is -2.54. The number of carbonyl (C=O) groups excluding carboxylic acids is 2. The summed E-state index contributed by atoms with van der Waals surface area (Å²) in [6.07, 6.45) is 9.30. The number of benzene rings is 1. The number of amides is 2. The highest BCUT2D eigenvalue weighted by molar-refractivity contribution is 6.01. The summed E-state index contributed by atoms with van der Waals surface area (Å²) in [4.78, 5) is 28.5. The van der Waals surface area contributed by atoms with Crippen LogP contribution in [0, 0.1) is 11.3 Å². The predicted octanol–water partition coefficient (Wildman–Crippen LogP) is 3.50. The lowest BCUT2D eigenvalue weighted by Crippen LogP contribution is -2.55.